The number of rotatable bonds is 5. The van der Waals surface area contributed by atoms with Crippen LogP contribution in [0.3, 0.4) is 0 Å². The summed E-state index contributed by atoms with van der Waals surface area (Å²) in [5.74, 6) is 3.87. The molecule has 5 aliphatic rings. The lowest BCUT2D eigenvalue weighted by Crippen LogP contribution is -2.58. The fourth-order valence-electron chi connectivity index (χ4n) is 6.80. The molecule has 1 saturated heterocycles. The van der Waals surface area contributed by atoms with Crippen molar-refractivity contribution in [2.45, 2.75) is 49.8 Å². The molecule has 4 nitrogen and oxygen atoms in total. The maximum Gasteiger partial charge on any atom is 0.228 e. The predicted molar refractivity (Wildman–Crippen MR) is 116 cm³/mol. The summed E-state index contributed by atoms with van der Waals surface area (Å²) < 4.78 is 0. The van der Waals surface area contributed by atoms with Crippen LogP contribution < -0.4 is 0 Å². The number of nitrogens with zero attached hydrogens (tertiary/aromatic N) is 2. The standard InChI is InChI=1S/C24H32N2O2S/c27-22(6-11-29-21-4-2-1-3-5-21)25-7-9-26(10-8-25)23(28)24-15-18-12-19(16-24)14-20(13-18)17-24/h1-5,18-20H,6-17H2. The average molecular weight is 413 g/mol. The normalized spacial score (nSPS) is 33.2. The molecule has 0 spiro atoms. The molecule has 156 valence electrons. The minimum absolute atomic E-state index is 0.0484. The monoisotopic (exact) mass is 412 g/mol. The Labute approximate surface area is 178 Å². The molecule has 0 N–H and O–H groups in total. The molecule has 1 aliphatic heterocycles. The van der Waals surface area contributed by atoms with Gasteiger partial charge in [0.1, 0.15) is 0 Å². The molecule has 5 heteroatoms. The highest BCUT2D eigenvalue weighted by molar-refractivity contribution is 7.99. The Kier molecular flexibility index (Phi) is 5.35. The van der Waals surface area contributed by atoms with Crippen LogP contribution in [0.1, 0.15) is 44.9 Å². The molecule has 2 amide bonds. The molecule has 0 atom stereocenters. The van der Waals surface area contributed by atoms with Gasteiger partial charge in [-0.05, 0) is 68.4 Å². The van der Waals surface area contributed by atoms with Crippen molar-refractivity contribution in [3.8, 4) is 0 Å². The second-order valence-corrected chi connectivity index (χ2v) is 11.0. The summed E-state index contributed by atoms with van der Waals surface area (Å²) in [5.41, 5.74) is -0.0484. The maximum atomic E-state index is 13.5. The molecule has 0 aromatic heterocycles. The number of benzene rings is 1. The summed E-state index contributed by atoms with van der Waals surface area (Å²) in [6, 6.07) is 10.3. The van der Waals surface area contributed by atoms with Gasteiger partial charge in [-0.3, -0.25) is 9.59 Å². The lowest BCUT2D eigenvalue weighted by Gasteiger charge is -2.57. The van der Waals surface area contributed by atoms with Gasteiger partial charge in [0.15, 0.2) is 0 Å². The first-order valence-corrected chi connectivity index (χ1v) is 12.3. The zero-order valence-corrected chi connectivity index (χ0v) is 18.0. The van der Waals surface area contributed by atoms with Gasteiger partial charge in [-0.15, -0.1) is 11.8 Å². The molecule has 0 radical (unpaired) electrons. The van der Waals surface area contributed by atoms with E-state index in [0.717, 1.165) is 55.9 Å². The van der Waals surface area contributed by atoms with Gasteiger partial charge < -0.3 is 9.80 Å². The highest BCUT2D eigenvalue weighted by Gasteiger charge is 2.55. The molecular formula is C24H32N2O2S. The summed E-state index contributed by atoms with van der Waals surface area (Å²) in [6.45, 7) is 2.84. The highest BCUT2D eigenvalue weighted by atomic mass is 32.2. The van der Waals surface area contributed by atoms with Crippen LogP contribution in [-0.2, 0) is 9.59 Å². The lowest BCUT2D eigenvalue weighted by molar-refractivity contribution is -0.160. The fourth-order valence-corrected chi connectivity index (χ4v) is 7.66. The third-order valence-electron chi connectivity index (χ3n) is 7.74. The SMILES string of the molecule is O=C(CCSc1ccccc1)N1CCN(C(=O)C23CC4CC(CC(C4)C2)C3)CC1. The molecule has 4 saturated carbocycles. The summed E-state index contributed by atoms with van der Waals surface area (Å²) in [6.07, 6.45) is 8.08. The first kappa shape index (κ1) is 19.5. The second-order valence-electron chi connectivity index (χ2n) is 9.78. The number of thioether (sulfide) groups is 1. The Bertz CT molecular complexity index is 722. The van der Waals surface area contributed by atoms with Crippen LogP contribution >= 0.6 is 11.8 Å². The molecule has 1 aromatic carbocycles. The van der Waals surface area contributed by atoms with Crippen molar-refractivity contribution in [1.82, 2.24) is 9.80 Å². The van der Waals surface area contributed by atoms with Crippen LogP contribution in [0.4, 0.5) is 0 Å². The van der Waals surface area contributed by atoms with Gasteiger partial charge in [-0.25, -0.2) is 0 Å². The number of hydrogen-bond acceptors (Lipinski definition) is 3. The van der Waals surface area contributed by atoms with Gasteiger partial charge in [0.2, 0.25) is 11.8 Å². The van der Waals surface area contributed by atoms with Crippen LogP contribution in [0.15, 0.2) is 35.2 Å². The van der Waals surface area contributed by atoms with E-state index >= 15 is 0 Å². The molecule has 6 rings (SSSR count). The van der Waals surface area contributed by atoms with Crippen molar-refractivity contribution in [2.24, 2.45) is 23.2 Å². The minimum Gasteiger partial charge on any atom is -0.339 e. The van der Waals surface area contributed by atoms with E-state index in [-0.39, 0.29) is 11.3 Å². The van der Waals surface area contributed by atoms with Crippen LogP contribution in [0, 0.1) is 23.2 Å². The van der Waals surface area contributed by atoms with Crippen LogP contribution in [-0.4, -0.2) is 53.5 Å². The second kappa shape index (κ2) is 7.98. The largest absolute Gasteiger partial charge is 0.339 e. The molecule has 1 heterocycles. The zero-order chi connectivity index (χ0) is 19.8. The Morgan fingerprint density at radius 2 is 1.41 bits per heavy atom. The van der Waals surface area contributed by atoms with E-state index in [4.69, 9.17) is 0 Å². The van der Waals surface area contributed by atoms with E-state index in [0.29, 0.717) is 25.4 Å². The smallest absolute Gasteiger partial charge is 0.228 e. The molecule has 5 fully saturated rings. The van der Waals surface area contributed by atoms with Crippen LogP contribution in [0.25, 0.3) is 0 Å². The van der Waals surface area contributed by atoms with Crippen molar-refractivity contribution < 1.29 is 9.59 Å². The molecule has 1 aromatic rings. The topological polar surface area (TPSA) is 40.6 Å². The van der Waals surface area contributed by atoms with Crippen molar-refractivity contribution in [2.75, 3.05) is 31.9 Å². The summed E-state index contributed by atoms with van der Waals surface area (Å²) in [4.78, 5) is 31.3. The Morgan fingerprint density at radius 3 is 2.00 bits per heavy atom. The molecule has 0 unspecified atom stereocenters. The van der Waals surface area contributed by atoms with Crippen molar-refractivity contribution >= 4 is 23.6 Å². The Balaban J connectivity index is 1.11. The van der Waals surface area contributed by atoms with Gasteiger partial charge in [0.05, 0.1) is 5.41 Å². The maximum absolute atomic E-state index is 13.5. The van der Waals surface area contributed by atoms with Gasteiger partial charge in [0.25, 0.3) is 0 Å². The van der Waals surface area contributed by atoms with E-state index in [1.165, 1.54) is 24.2 Å². The van der Waals surface area contributed by atoms with Gasteiger partial charge >= 0.3 is 0 Å². The minimum atomic E-state index is -0.0484. The lowest BCUT2D eigenvalue weighted by atomic mass is 9.49. The molecule has 4 bridgehead atoms. The number of carbonyl (C=O) groups is 2. The predicted octanol–water partition coefficient (Wildman–Crippen LogP) is 4.06. The van der Waals surface area contributed by atoms with Gasteiger partial charge in [0, 0.05) is 43.2 Å². The number of carbonyl (C=O) groups excluding carboxylic acids is 2. The summed E-state index contributed by atoms with van der Waals surface area (Å²) >= 11 is 1.74. The van der Waals surface area contributed by atoms with Crippen molar-refractivity contribution in [1.29, 1.82) is 0 Å². The number of piperazine rings is 1. The van der Waals surface area contributed by atoms with E-state index in [1.54, 1.807) is 11.8 Å². The highest BCUT2D eigenvalue weighted by Crippen LogP contribution is 2.60. The molecule has 29 heavy (non-hydrogen) atoms. The average Bonchev–Trinajstić information content (AvgIpc) is 2.73. The zero-order valence-electron chi connectivity index (χ0n) is 17.2. The van der Waals surface area contributed by atoms with E-state index in [1.807, 2.05) is 23.1 Å². The molecular weight excluding hydrogens is 380 g/mol. The summed E-state index contributed by atoms with van der Waals surface area (Å²) in [7, 11) is 0. The quantitative estimate of drug-likeness (QED) is 0.685. The van der Waals surface area contributed by atoms with Crippen LogP contribution in [0.5, 0.6) is 0 Å². The first-order valence-electron chi connectivity index (χ1n) is 11.4. The third-order valence-corrected chi connectivity index (χ3v) is 8.75. The van der Waals surface area contributed by atoms with E-state index in [2.05, 4.69) is 17.0 Å². The number of hydrogen-bond donors (Lipinski definition) is 0. The third kappa shape index (κ3) is 3.95. The first-order chi connectivity index (χ1) is 14.1. The van der Waals surface area contributed by atoms with Crippen molar-refractivity contribution in [3.63, 3.8) is 0 Å². The Hall–Kier alpha value is -1.49. The van der Waals surface area contributed by atoms with E-state index < -0.39 is 0 Å². The van der Waals surface area contributed by atoms with Gasteiger partial charge in [-0.2, -0.15) is 0 Å². The fraction of sp³-hybridized carbons (Fsp3) is 0.667. The Morgan fingerprint density at radius 1 is 0.862 bits per heavy atom. The summed E-state index contributed by atoms with van der Waals surface area (Å²) in [5, 5.41) is 0. The van der Waals surface area contributed by atoms with Crippen LogP contribution in [0.2, 0.25) is 0 Å². The molecule has 4 aliphatic carbocycles. The number of amides is 2. The van der Waals surface area contributed by atoms with Crippen molar-refractivity contribution in [3.05, 3.63) is 30.3 Å². The van der Waals surface area contributed by atoms with E-state index in [9.17, 15) is 9.59 Å². The van der Waals surface area contributed by atoms with Gasteiger partial charge in [-0.1, -0.05) is 18.2 Å².